The molecule has 1 aromatic carbocycles. The summed E-state index contributed by atoms with van der Waals surface area (Å²) in [6.07, 6.45) is -2.59. The predicted molar refractivity (Wildman–Crippen MR) is 107 cm³/mol. The second-order valence-corrected chi connectivity index (χ2v) is 11.5. The smallest absolute Gasteiger partial charge is 0.417 e. The quantitative estimate of drug-likeness (QED) is 0.702. The van der Waals surface area contributed by atoms with Crippen molar-refractivity contribution in [3.8, 4) is 5.75 Å². The van der Waals surface area contributed by atoms with Crippen LogP contribution in [0.5, 0.6) is 5.75 Å². The Kier molecular flexibility index (Phi) is 5.81. The Labute approximate surface area is 173 Å². The molecule has 0 amide bonds. The predicted octanol–water partition coefficient (Wildman–Crippen LogP) is 4.25. The largest absolute Gasteiger partial charge is 0.493 e. The number of sulfone groups is 1. The van der Waals surface area contributed by atoms with E-state index in [9.17, 15) is 26.7 Å². The maximum absolute atomic E-state index is 13.9. The van der Waals surface area contributed by atoms with Gasteiger partial charge in [-0.2, -0.15) is 13.2 Å². The fourth-order valence-corrected chi connectivity index (χ4v) is 5.68. The van der Waals surface area contributed by atoms with Gasteiger partial charge in [-0.25, -0.2) is 8.42 Å². The summed E-state index contributed by atoms with van der Waals surface area (Å²) in [5.41, 5.74) is -3.02. The minimum absolute atomic E-state index is 0.0514. The highest BCUT2D eigenvalue weighted by Gasteiger charge is 2.56. The van der Waals surface area contributed by atoms with Crippen molar-refractivity contribution in [3.05, 3.63) is 34.7 Å². The zero-order valence-electron chi connectivity index (χ0n) is 16.5. The molecule has 1 aromatic rings. The van der Waals surface area contributed by atoms with E-state index < -0.39 is 39.9 Å². The van der Waals surface area contributed by atoms with E-state index in [-0.39, 0.29) is 10.8 Å². The van der Waals surface area contributed by atoms with Gasteiger partial charge in [-0.05, 0) is 47.3 Å². The van der Waals surface area contributed by atoms with Crippen molar-refractivity contribution in [3.63, 3.8) is 0 Å². The van der Waals surface area contributed by atoms with Gasteiger partial charge in [-0.15, -0.1) is 11.8 Å². The standard InChI is InChI=1S/C20H25F3O4S2/c1-18(2,12-19(24,20(21,22)23)10-13-5-7-28-11-13)16-9-15(29(3,25)26)8-14-4-6-27-17(14)16/h5,7-9,13,24H,4,6,10-12H2,1-3H3. The second kappa shape index (κ2) is 7.50. The van der Waals surface area contributed by atoms with E-state index in [4.69, 9.17) is 4.74 Å². The molecule has 162 valence electrons. The topological polar surface area (TPSA) is 63.6 Å². The Morgan fingerprint density at radius 2 is 1.97 bits per heavy atom. The van der Waals surface area contributed by atoms with Crippen LogP contribution in [0.2, 0.25) is 0 Å². The van der Waals surface area contributed by atoms with Crippen LogP contribution in [0.3, 0.4) is 0 Å². The number of thioether (sulfide) groups is 1. The molecule has 0 fully saturated rings. The lowest BCUT2D eigenvalue weighted by molar-refractivity contribution is -0.271. The van der Waals surface area contributed by atoms with Crippen molar-refractivity contribution >= 4 is 21.6 Å². The van der Waals surface area contributed by atoms with Crippen LogP contribution in [-0.4, -0.2) is 43.9 Å². The Morgan fingerprint density at radius 1 is 1.28 bits per heavy atom. The molecular weight excluding hydrogens is 425 g/mol. The summed E-state index contributed by atoms with van der Waals surface area (Å²) in [4.78, 5) is 0.0514. The first-order valence-corrected chi connectivity index (χ1v) is 12.2. The van der Waals surface area contributed by atoms with Crippen LogP contribution < -0.4 is 4.74 Å². The van der Waals surface area contributed by atoms with Gasteiger partial charge in [0.1, 0.15) is 5.75 Å². The minimum Gasteiger partial charge on any atom is -0.493 e. The summed E-state index contributed by atoms with van der Waals surface area (Å²) in [6.45, 7) is 3.53. The zero-order chi connectivity index (χ0) is 21.7. The maximum atomic E-state index is 13.9. The molecule has 29 heavy (non-hydrogen) atoms. The first-order chi connectivity index (χ1) is 13.2. The van der Waals surface area contributed by atoms with E-state index in [0.29, 0.717) is 35.7 Å². The number of aliphatic hydroxyl groups is 1. The highest BCUT2D eigenvalue weighted by Crippen LogP contribution is 2.48. The Morgan fingerprint density at radius 3 is 2.52 bits per heavy atom. The van der Waals surface area contributed by atoms with Gasteiger partial charge in [0, 0.05) is 24.0 Å². The summed E-state index contributed by atoms with van der Waals surface area (Å²) in [5, 5.41) is 12.5. The zero-order valence-corrected chi connectivity index (χ0v) is 18.2. The van der Waals surface area contributed by atoms with Crippen molar-refractivity contribution in [1.82, 2.24) is 0 Å². The Bertz CT molecular complexity index is 922. The van der Waals surface area contributed by atoms with Crippen molar-refractivity contribution < 1.29 is 31.4 Å². The van der Waals surface area contributed by atoms with Gasteiger partial charge >= 0.3 is 6.18 Å². The first kappa shape index (κ1) is 22.5. The Hall–Kier alpha value is -1.19. The van der Waals surface area contributed by atoms with E-state index in [1.807, 2.05) is 0 Å². The molecule has 4 nitrogen and oxygen atoms in total. The van der Waals surface area contributed by atoms with Gasteiger partial charge in [0.15, 0.2) is 15.4 Å². The van der Waals surface area contributed by atoms with Crippen LogP contribution in [0.25, 0.3) is 0 Å². The monoisotopic (exact) mass is 450 g/mol. The van der Waals surface area contributed by atoms with Crippen molar-refractivity contribution in [1.29, 1.82) is 0 Å². The third-order valence-electron chi connectivity index (χ3n) is 5.53. The number of halogens is 3. The molecule has 2 atom stereocenters. The summed E-state index contributed by atoms with van der Waals surface area (Å²) in [6, 6.07) is 2.91. The molecule has 0 aromatic heterocycles. The van der Waals surface area contributed by atoms with Crippen molar-refractivity contribution in [2.24, 2.45) is 5.92 Å². The summed E-state index contributed by atoms with van der Waals surface area (Å²) in [5.74, 6) is 0.566. The van der Waals surface area contributed by atoms with Crippen LogP contribution in [0.4, 0.5) is 13.2 Å². The number of alkyl halides is 3. The van der Waals surface area contributed by atoms with E-state index in [1.54, 1.807) is 25.3 Å². The van der Waals surface area contributed by atoms with Crippen LogP contribution >= 0.6 is 11.8 Å². The molecule has 0 saturated carbocycles. The summed E-state index contributed by atoms with van der Waals surface area (Å²) < 4.78 is 71.7. The molecular formula is C20H25F3O4S2. The minimum atomic E-state index is -4.82. The van der Waals surface area contributed by atoms with Crippen LogP contribution in [0.1, 0.15) is 37.8 Å². The lowest BCUT2D eigenvalue weighted by atomic mass is 9.72. The molecule has 2 unspecified atom stereocenters. The number of hydrogen-bond donors (Lipinski definition) is 1. The van der Waals surface area contributed by atoms with E-state index in [0.717, 1.165) is 6.26 Å². The van der Waals surface area contributed by atoms with E-state index >= 15 is 0 Å². The number of allylic oxidation sites excluding steroid dienone is 1. The molecule has 2 aliphatic rings. The number of rotatable bonds is 6. The number of benzene rings is 1. The molecule has 2 aliphatic heterocycles. The molecule has 3 rings (SSSR count). The van der Waals surface area contributed by atoms with Gasteiger partial charge in [0.25, 0.3) is 0 Å². The highest BCUT2D eigenvalue weighted by atomic mass is 32.2. The summed E-state index contributed by atoms with van der Waals surface area (Å²) in [7, 11) is -3.55. The molecule has 0 saturated heterocycles. The average molecular weight is 451 g/mol. The molecule has 2 heterocycles. The SMILES string of the molecule is CC(C)(CC(O)(CC1C=CSC1)C(F)(F)F)c1cc(S(C)(=O)=O)cc2c1OCC2. The third kappa shape index (κ3) is 4.61. The Balaban J connectivity index is 2.03. The summed E-state index contributed by atoms with van der Waals surface area (Å²) >= 11 is 1.42. The molecule has 1 N–H and O–H groups in total. The molecule has 9 heteroatoms. The molecule has 0 spiro atoms. The van der Waals surface area contributed by atoms with Gasteiger partial charge in [0.05, 0.1) is 11.5 Å². The molecule has 0 aliphatic carbocycles. The maximum Gasteiger partial charge on any atom is 0.417 e. The lowest BCUT2D eigenvalue weighted by Crippen LogP contribution is -2.50. The highest BCUT2D eigenvalue weighted by molar-refractivity contribution is 8.02. The van der Waals surface area contributed by atoms with Gasteiger partial charge in [-0.1, -0.05) is 19.9 Å². The fraction of sp³-hybridized carbons (Fsp3) is 0.600. The third-order valence-corrected chi connectivity index (χ3v) is 7.60. The van der Waals surface area contributed by atoms with Crippen molar-refractivity contribution in [2.75, 3.05) is 18.6 Å². The van der Waals surface area contributed by atoms with Crippen molar-refractivity contribution in [2.45, 2.75) is 55.2 Å². The van der Waals surface area contributed by atoms with Crippen LogP contribution in [0.15, 0.2) is 28.5 Å². The average Bonchev–Trinajstić information content (AvgIpc) is 3.22. The number of hydrogen-bond acceptors (Lipinski definition) is 5. The van der Waals surface area contributed by atoms with E-state index in [1.165, 1.54) is 23.9 Å². The van der Waals surface area contributed by atoms with Gasteiger partial charge in [-0.3, -0.25) is 0 Å². The fourth-order valence-electron chi connectivity index (χ4n) is 4.07. The van der Waals surface area contributed by atoms with Crippen LogP contribution in [-0.2, 0) is 21.7 Å². The molecule has 0 bridgehead atoms. The number of fused-ring (bicyclic) bond motifs is 1. The second-order valence-electron chi connectivity index (χ2n) is 8.55. The normalized spacial score (nSPS) is 21.7. The van der Waals surface area contributed by atoms with E-state index in [2.05, 4.69) is 0 Å². The first-order valence-electron chi connectivity index (χ1n) is 9.31. The molecule has 0 radical (unpaired) electrons. The van der Waals surface area contributed by atoms with Gasteiger partial charge in [0.2, 0.25) is 0 Å². The van der Waals surface area contributed by atoms with Crippen LogP contribution in [0, 0.1) is 5.92 Å². The number of ether oxygens (including phenoxy) is 1. The van der Waals surface area contributed by atoms with Gasteiger partial charge < -0.3 is 9.84 Å². The lowest BCUT2D eigenvalue weighted by Gasteiger charge is -2.39.